The predicted octanol–water partition coefficient (Wildman–Crippen LogP) is 1.71. The van der Waals surface area contributed by atoms with Crippen molar-refractivity contribution in [2.45, 2.75) is 57.4 Å². The van der Waals surface area contributed by atoms with Crippen LogP contribution in [0.5, 0.6) is 0 Å². The lowest BCUT2D eigenvalue weighted by atomic mass is 9.71. The number of carbonyl (C=O) groups excluding carboxylic acids is 2. The molecule has 0 aromatic carbocycles. The van der Waals surface area contributed by atoms with E-state index in [0.717, 1.165) is 58.3 Å². The molecule has 4 fully saturated rings. The first kappa shape index (κ1) is 15.4. The van der Waals surface area contributed by atoms with Gasteiger partial charge in [0, 0.05) is 43.7 Å². The van der Waals surface area contributed by atoms with E-state index in [9.17, 15) is 9.59 Å². The Bertz CT molecular complexity index is 477. The molecule has 0 aromatic rings. The van der Waals surface area contributed by atoms with Crippen molar-refractivity contribution in [1.29, 1.82) is 0 Å². The Kier molecular flexibility index (Phi) is 4.08. The molecule has 23 heavy (non-hydrogen) atoms. The van der Waals surface area contributed by atoms with Gasteiger partial charge < -0.3 is 15.0 Å². The molecule has 1 N–H and O–H groups in total. The largest absolute Gasteiger partial charge is 0.381 e. The maximum Gasteiger partial charge on any atom is 0.225 e. The molecule has 4 rings (SSSR count). The van der Waals surface area contributed by atoms with Crippen molar-refractivity contribution in [3.8, 4) is 0 Å². The van der Waals surface area contributed by atoms with Crippen LogP contribution in [0, 0.1) is 17.3 Å². The Labute approximate surface area is 138 Å². The summed E-state index contributed by atoms with van der Waals surface area (Å²) in [6.45, 7) is 2.82. The monoisotopic (exact) mass is 320 g/mol. The Balaban J connectivity index is 1.49. The van der Waals surface area contributed by atoms with Gasteiger partial charge in [-0.15, -0.1) is 0 Å². The Morgan fingerprint density at radius 1 is 1.04 bits per heavy atom. The first-order valence-electron chi connectivity index (χ1n) is 9.35. The lowest BCUT2D eigenvalue weighted by molar-refractivity contribution is -0.132. The fourth-order valence-corrected chi connectivity index (χ4v) is 4.74. The van der Waals surface area contributed by atoms with Crippen LogP contribution in [0.3, 0.4) is 0 Å². The Hall–Kier alpha value is -1.10. The summed E-state index contributed by atoms with van der Waals surface area (Å²) in [5, 5.41) is 3.28. The van der Waals surface area contributed by atoms with E-state index in [0.29, 0.717) is 12.6 Å². The molecule has 2 aliphatic heterocycles. The summed E-state index contributed by atoms with van der Waals surface area (Å²) >= 11 is 0. The van der Waals surface area contributed by atoms with Crippen LogP contribution < -0.4 is 5.32 Å². The van der Waals surface area contributed by atoms with Crippen molar-refractivity contribution >= 4 is 11.8 Å². The molecule has 4 aliphatic rings. The van der Waals surface area contributed by atoms with Gasteiger partial charge in [-0.3, -0.25) is 9.59 Å². The fourth-order valence-electron chi connectivity index (χ4n) is 4.74. The normalized spacial score (nSPS) is 30.8. The zero-order valence-electron chi connectivity index (χ0n) is 13.9. The minimum atomic E-state index is -0.0501. The predicted molar refractivity (Wildman–Crippen MR) is 85.7 cm³/mol. The van der Waals surface area contributed by atoms with Gasteiger partial charge in [-0.25, -0.2) is 0 Å². The highest BCUT2D eigenvalue weighted by atomic mass is 16.5. The van der Waals surface area contributed by atoms with Crippen LogP contribution in [0.15, 0.2) is 0 Å². The summed E-state index contributed by atoms with van der Waals surface area (Å²) in [6.07, 6.45) is 8.55. The van der Waals surface area contributed by atoms with Crippen LogP contribution >= 0.6 is 0 Å². The topological polar surface area (TPSA) is 58.6 Å². The first-order valence-corrected chi connectivity index (χ1v) is 9.35. The number of hydrogen-bond donors (Lipinski definition) is 1. The average molecular weight is 320 g/mol. The van der Waals surface area contributed by atoms with Crippen molar-refractivity contribution < 1.29 is 14.3 Å². The van der Waals surface area contributed by atoms with Crippen LogP contribution in [-0.4, -0.2) is 49.1 Å². The number of hydrogen-bond acceptors (Lipinski definition) is 3. The third-order valence-corrected chi connectivity index (χ3v) is 6.39. The molecule has 1 spiro atoms. The lowest BCUT2D eigenvalue weighted by Crippen LogP contribution is -2.46. The Morgan fingerprint density at radius 2 is 1.74 bits per heavy atom. The molecular weight excluding hydrogens is 292 g/mol. The van der Waals surface area contributed by atoms with E-state index >= 15 is 0 Å². The van der Waals surface area contributed by atoms with Gasteiger partial charge in [0.2, 0.25) is 11.8 Å². The van der Waals surface area contributed by atoms with Gasteiger partial charge in [-0.05, 0) is 38.5 Å². The van der Waals surface area contributed by atoms with Crippen LogP contribution in [-0.2, 0) is 14.3 Å². The molecule has 0 bridgehead atoms. The van der Waals surface area contributed by atoms with Crippen molar-refractivity contribution in [2.24, 2.45) is 17.3 Å². The van der Waals surface area contributed by atoms with E-state index in [2.05, 4.69) is 5.32 Å². The second-order valence-corrected chi connectivity index (χ2v) is 8.01. The highest BCUT2D eigenvalue weighted by Gasteiger charge is 2.53. The van der Waals surface area contributed by atoms with Crippen LogP contribution in [0.2, 0.25) is 0 Å². The zero-order valence-corrected chi connectivity index (χ0v) is 13.9. The van der Waals surface area contributed by atoms with E-state index in [1.54, 1.807) is 0 Å². The summed E-state index contributed by atoms with van der Waals surface area (Å²) < 4.78 is 5.54. The van der Waals surface area contributed by atoms with Crippen LogP contribution in [0.4, 0.5) is 0 Å². The van der Waals surface area contributed by atoms with Crippen LogP contribution in [0.25, 0.3) is 0 Å². The summed E-state index contributed by atoms with van der Waals surface area (Å²) in [4.78, 5) is 27.4. The maximum atomic E-state index is 12.9. The molecule has 2 heterocycles. The molecule has 1 unspecified atom stereocenters. The van der Waals surface area contributed by atoms with Crippen LogP contribution in [0.1, 0.15) is 51.4 Å². The molecule has 2 saturated carbocycles. The average Bonchev–Trinajstić information content (AvgIpc) is 3.17. The minimum absolute atomic E-state index is 0.0466. The molecule has 1 atom stereocenters. The molecule has 0 radical (unpaired) electrons. The smallest absolute Gasteiger partial charge is 0.225 e. The van der Waals surface area contributed by atoms with Crippen molar-refractivity contribution in [1.82, 2.24) is 10.2 Å². The molecule has 128 valence electrons. The Morgan fingerprint density at radius 3 is 2.39 bits per heavy atom. The van der Waals surface area contributed by atoms with Gasteiger partial charge in [0.05, 0.1) is 5.92 Å². The SMILES string of the molecule is O=C(NC1CCCC1)C1CN(C(=O)C2CC2)CC12CCOCC2. The quantitative estimate of drug-likeness (QED) is 0.861. The fraction of sp³-hybridized carbons (Fsp3) is 0.889. The third-order valence-electron chi connectivity index (χ3n) is 6.39. The molecule has 5 heteroatoms. The summed E-state index contributed by atoms with van der Waals surface area (Å²) in [5.41, 5.74) is -0.0501. The lowest BCUT2D eigenvalue weighted by Gasteiger charge is -2.37. The highest BCUT2D eigenvalue weighted by Crippen LogP contribution is 2.46. The molecule has 2 aliphatic carbocycles. The molecule has 2 saturated heterocycles. The number of rotatable bonds is 3. The number of likely N-dealkylation sites (tertiary alicyclic amines) is 1. The molecular formula is C18H28N2O3. The third kappa shape index (κ3) is 3.00. The summed E-state index contributed by atoms with van der Waals surface area (Å²) in [7, 11) is 0. The number of amides is 2. The van der Waals surface area contributed by atoms with Gasteiger partial charge in [-0.1, -0.05) is 12.8 Å². The van der Waals surface area contributed by atoms with E-state index in [1.807, 2.05) is 4.90 Å². The zero-order chi connectivity index (χ0) is 15.9. The van der Waals surface area contributed by atoms with Gasteiger partial charge in [0.15, 0.2) is 0 Å². The second kappa shape index (κ2) is 6.08. The standard InChI is InChI=1S/C18H28N2O3/c21-16(19-14-3-1-2-4-14)15-11-20(17(22)13-5-6-13)12-18(15)7-9-23-10-8-18/h13-15H,1-12H2,(H,19,21). The minimum Gasteiger partial charge on any atom is -0.381 e. The van der Waals surface area contributed by atoms with E-state index < -0.39 is 0 Å². The second-order valence-electron chi connectivity index (χ2n) is 8.01. The number of ether oxygens (including phenoxy) is 1. The van der Waals surface area contributed by atoms with Gasteiger partial charge in [0.1, 0.15) is 0 Å². The van der Waals surface area contributed by atoms with Gasteiger partial charge in [-0.2, -0.15) is 0 Å². The highest BCUT2D eigenvalue weighted by molar-refractivity contribution is 5.85. The first-order chi connectivity index (χ1) is 11.2. The van der Waals surface area contributed by atoms with Crippen molar-refractivity contribution in [2.75, 3.05) is 26.3 Å². The van der Waals surface area contributed by atoms with Gasteiger partial charge in [0.25, 0.3) is 0 Å². The molecule has 5 nitrogen and oxygen atoms in total. The molecule has 0 aromatic heterocycles. The van der Waals surface area contributed by atoms with Crippen molar-refractivity contribution in [3.63, 3.8) is 0 Å². The number of carbonyl (C=O) groups is 2. The maximum absolute atomic E-state index is 12.9. The molecule has 2 amide bonds. The summed E-state index contributed by atoms with van der Waals surface area (Å²) in [6, 6.07) is 0.354. The van der Waals surface area contributed by atoms with Gasteiger partial charge >= 0.3 is 0 Å². The van der Waals surface area contributed by atoms with E-state index in [4.69, 9.17) is 4.74 Å². The summed E-state index contributed by atoms with van der Waals surface area (Å²) in [5.74, 6) is 0.662. The van der Waals surface area contributed by atoms with Crippen molar-refractivity contribution in [3.05, 3.63) is 0 Å². The van der Waals surface area contributed by atoms with E-state index in [1.165, 1.54) is 12.8 Å². The van der Waals surface area contributed by atoms with E-state index in [-0.39, 0.29) is 29.1 Å². The number of nitrogens with zero attached hydrogens (tertiary/aromatic N) is 1. The number of nitrogens with one attached hydrogen (secondary N) is 1.